The molecule has 19 heteroatoms. The molecule has 0 aromatic heterocycles. The lowest BCUT2D eigenvalue weighted by Crippen LogP contribution is -2.66. The summed E-state index contributed by atoms with van der Waals surface area (Å²) in [6.07, 6.45) is 28.5. The molecule has 17 unspecified atom stereocenters. The number of carbonyl (C=O) groups excluding carboxylic acids is 1. The highest BCUT2D eigenvalue weighted by atomic mass is 16.8. The molecule has 82 heavy (non-hydrogen) atoms. The van der Waals surface area contributed by atoms with Gasteiger partial charge < -0.3 is 89.9 Å². The molecule has 472 valence electrons. The maximum absolute atomic E-state index is 13.3. The van der Waals surface area contributed by atoms with Gasteiger partial charge in [0.1, 0.15) is 73.2 Å². The van der Waals surface area contributed by atoms with Crippen molar-refractivity contribution < 1.29 is 89.4 Å². The molecule has 0 spiro atoms. The van der Waals surface area contributed by atoms with Crippen molar-refractivity contribution in [1.82, 2.24) is 5.32 Å². The maximum Gasteiger partial charge on any atom is 0.220 e. The van der Waals surface area contributed by atoms with Crippen molar-refractivity contribution >= 4 is 5.91 Å². The highest BCUT2D eigenvalue weighted by molar-refractivity contribution is 5.76. The highest BCUT2D eigenvalue weighted by Gasteiger charge is 2.53. The minimum Gasteiger partial charge on any atom is -0.394 e. The van der Waals surface area contributed by atoms with Gasteiger partial charge in [0, 0.05) is 6.42 Å². The van der Waals surface area contributed by atoms with E-state index in [0.717, 1.165) is 70.6 Å². The minimum absolute atomic E-state index is 0.191. The number of unbranched alkanes of at least 4 members (excludes halogenated alkanes) is 16. The third-order valence-electron chi connectivity index (χ3n) is 14.9. The van der Waals surface area contributed by atoms with Gasteiger partial charge in [0.25, 0.3) is 0 Å². The monoisotopic (exact) mass is 1170 g/mol. The summed E-state index contributed by atoms with van der Waals surface area (Å²) in [7, 11) is 0. The zero-order valence-electron chi connectivity index (χ0n) is 49.2. The molecule has 12 N–H and O–H groups in total. The number of carbonyl (C=O) groups is 1. The van der Waals surface area contributed by atoms with Crippen LogP contribution in [-0.2, 0) is 33.2 Å². The first kappa shape index (κ1) is 73.2. The lowest BCUT2D eigenvalue weighted by atomic mass is 9.96. The van der Waals surface area contributed by atoms with Crippen LogP contribution >= 0.6 is 0 Å². The van der Waals surface area contributed by atoms with Gasteiger partial charge in [0.15, 0.2) is 18.9 Å². The molecule has 3 aliphatic rings. The molecular formula is C63H107NO18. The summed E-state index contributed by atoms with van der Waals surface area (Å²) in [5.41, 5.74) is 0. The van der Waals surface area contributed by atoms with Crippen molar-refractivity contribution in [3.05, 3.63) is 85.1 Å². The first-order valence-corrected chi connectivity index (χ1v) is 30.8. The summed E-state index contributed by atoms with van der Waals surface area (Å²) in [6, 6.07) is -1.01. The standard InChI is InChI=1S/C63H107NO18/c1-3-5-7-9-11-13-15-17-19-21-23-25-27-29-31-33-35-37-39-41-51(69)64-46(47(68)40-38-36-34-32-30-28-26-24-22-20-18-16-14-12-10-8-6-4-2)45-77-61-57(75)54(72)59(49(43-66)79-61)82-63-58(76)55(73)60(50(44-67)80-63)81-62-56(74)53(71)52(70)48(42-65)78-62/h5,7,11,13,17,19,23,25,29-32,38,40,46-50,52-63,65-68,70-76H,3-4,6,8-10,12,14-16,18,20-22,24,26-28,33-37,39,41-45H2,1-2H3,(H,64,69)/b7-5-,13-11-,19-17-,25-23-,31-29-,32-30+,40-38+. The van der Waals surface area contributed by atoms with Gasteiger partial charge in [-0.05, 0) is 77.0 Å². The van der Waals surface area contributed by atoms with Crippen LogP contribution in [0.3, 0.4) is 0 Å². The van der Waals surface area contributed by atoms with E-state index in [-0.39, 0.29) is 18.9 Å². The Hall–Kier alpha value is -3.03. The summed E-state index contributed by atoms with van der Waals surface area (Å²) >= 11 is 0. The smallest absolute Gasteiger partial charge is 0.220 e. The number of allylic oxidation sites excluding steroid dienone is 13. The molecule has 19 nitrogen and oxygen atoms in total. The Kier molecular flexibility index (Phi) is 40.5. The Morgan fingerprint density at radius 2 is 0.854 bits per heavy atom. The topological polar surface area (TPSA) is 307 Å². The van der Waals surface area contributed by atoms with Crippen LogP contribution in [0, 0.1) is 0 Å². The van der Waals surface area contributed by atoms with Gasteiger partial charge in [-0.25, -0.2) is 0 Å². The van der Waals surface area contributed by atoms with E-state index < -0.39 is 124 Å². The van der Waals surface area contributed by atoms with E-state index in [4.69, 9.17) is 28.4 Å². The molecular weight excluding hydrogens is 1060 g/mol. The molecule has 17 atom stereocenters. The van der Waals surface area contributed by atoms with Crippen LogP contribution in [0.15, 0.2) is 85.1 Å². The molecule has 3 aliphatic heterocycles. The molecule has 3 rings (SSSR count). The van der Waals surface area contributed by atoms with Crippen LogP contribution < -0.4 is 5.32 Å². The van der Waals surface area contributed by atoms with Crippen LogP contribution in [-0.4, -0.2) is 193 Å². The van der Waals surface area contributed by atoms with Crippen LogP contribution in [0.5, 0.6) is 0 Å². The zero-order chi connectivity index (χ0) is 59.7. The van der Waals surface area contributed by atoms with Crippen LogP contribution in [0.4, 0.5) is 0 Å². The number of hydrogen-bond donors (Lipinski definition) is 12. The summed E-state index contributed by atoms with van der Waals surface area (Å²) in [5, 5.41) is 120. The van der Waals surface area contributed by atoms with Gasteiger partial charge in [-0.2, -0.15) is 0 Å². The number of rotatable bonds is 44. The number of amides is 1. The van der Waals surface area contributed by atoms with Gasteiger partial charge in [-0.1, -0.05) is 176 Å². The number of aliphatic hydroxyl groups is 11. The van der Waals surface area contributed by atoms with Gasteiger partial charge in [-0.15, -0.1) is 0 Å². The number of nitrogens with one attached hydrogen (secondary N) is 1. The third kappa shape index (κ3) is 28.4. The third-order valence-corrected chi connectivity index (χ3v) is 14.9. The van der Waals surface area contributed by atoms with E-state index >= 15 is 0 Å². The Morgan fingerprint density at radius 3 is 1.37 bits per heavy atom. The quantitative estimate of drug-likeness (QED) is 0.0247. The van der Waals surface area contributed by atoms with Gasteiger partial charge >= 0.3 is 0 Å². The molecule has 0 aromatic rings. The molecule has 0 bridgehead atoms. The second-order valence-electron chi connectivity index (χ2n) is 21.8. The van der Waals surface area contributed by atoms with E-state index in [1.165, 1.54) is 70.6 Å². The van der Waals surface area contributed by atoms with E-state index in [1.54, 1.807) is 6.08 Å². The fourth-order valence-corrected chi connectivity index (χ4v) is 9.88. The van der Waals surface area contributed by atoms with E-state index in [1.807, 2.05) is 6.08 Å². The maximum atomic E-state index is 13.3. The first-order valence-electron chi connectivity index (χ1n) is 30.8. The average molecular weight is 1170 g/mol. The van der Waals surface area contributed by atoms with E-state index in [0.29, 0.717) is 12.8 Å². The fraction of sp³-hybridized carbons (Fsp3) is 0.762. The molecule has 0 saturated carbocycles. The number of ether oxygens (including phenoxy) is 6. The summed E-state index contributed by atoms with van der Waals surface area (Å²) < 4.78 is 34.2. The van der Waals surface area contributed by atoms with Gasteiger partial charge in [0.2, 0.25) is 5.91 Å². The summed E-state index contributed by atoms with van der Waals surface area (Å²) in [6.45, 7) is 1.55. The van der Waals surface area contributed by atoms with Crippen LogP contribution in [0.1, 0.15) is 174 Å². The van der Waals surface area contributed by atoms with Crippen molar-refractivity contribution in [3.63, 3.8) is 0 Å². The second kappa shape index (κ2) is 45.3. The molecule has 3 heterocycles. The normalized spacial score (nSPS) is 30.2. The molecule has 0 aromatic carbocycles. The van der Waals surface area contributed by atoms with Crippen molar-refractivity contribution in [1.29, 1.82) is 0 Å². The molecule has 1 amide bonds. The summed E-state index contributed by atoms with van der Waals surface area (Å²) in [4.78, 5) is 13.3. The average Bonchev–Trinajstić information content (AvgIpc) is 3.39. The molecule has 3 fully saturated rings. The number of aliphatic hydroxyl groups excluding tert-OH is 11. The van der Waals surface area contributed by atoms with E-state index in [9.17, 15) is 61.0 Å². The summed E-state index contributed by atoms with van der Waals surface area (Å²) in [5.74, 6) is -0.321. The second-order valence-corrected chi connectivity index (χ2v) is 21.8. The highest BCUT2D eigenvalue weighted by Crippen LogP contribution is 2.33. The lowest BCUT2D eigenvalue weighted by Gasteiger charge is -2.48. The largest absolute Gasteiger partial charge is 0.394 e. The Bertz CT molecular complexity index is 1820. The van der Waals surface area contributed by atoms with Crippen molar-refractivity contribution in [2.24, 2.45) is 0 Å². The van der Waals surface area contributed by atoms with Crippen molar-refractivity contribution in [3.8, 4) is 0 Å². The number of hydrogen-bond acceptors (Lipinski definition) is 18. The molecule has 0 radical (unpaired) electrons. The van der Waals surface area contributed by atoms with Crippen molar-refractivity contribution in [2.45, 2.75) is 279 Å². The molecule has 0 aliphatic carbocycles. The fourth-order valence-electron chi connectivity index (χ4n) is 9.88. The van der Waals surface area contributed by atoms with E-state index in [2.05, 4.69) is 92.1 Å². The van der Waals surface area contributed by atoms with Crippen LogP contribution in [0.2, 0.25) is 0 Å². The first-order chi connectivity index (χ1) is 39.8. The minimum atomic E-state index is -1.99. The SMILES string of the molecule is CC/C=C\C/C=C\C/C=C\C/C=C\C/C=C\CCCCCC(=O)NC(COC1OC(CO)C(OC2OC(CO)C(OC3OC(CO)C(O)C(O)C3O)C(O)C2O)C(O)C1O)C(O)/C=C/CC/C=C/CCCCCCCCCCCCCC. The molecule has 3 saturated heterocycles. The lowest BCUT2D eigenvalue weighted by molar-refractivity contribution is -0.379. The van der Waals surface area contributed by atoms with Crippen molar-refractivity contribution in [2.75, 3.05) is 26.4 Å². The van der Waals surface area contributed by atoms with Gasteiger partial charge in [0.05, 0.1) is 38.6 Å². The predicted molar refractivity (Wildman–Crippen MR) is 314 cm³/mol. The Balaban J connectivity index is 1.53. The Morgan fingerprint density at radius 1 is 0.451 bits per heavy atom. The predicted octanol–water partition coefficient (Wildman–Crippen LogP) is 5.98. The van der Waals surface area contributed by atoms with Crippen LogP contribution in [0.25, 0.3) is 0 Å². The van der Waals surface area contributed by atoms with Gasteiger partial charge in [-0.3, -0.25) is 4.79 Å². The Labute approximate surface area is 489 Å². The zero-order valence-corrected chi connectivity index (χ0v) is 49.2.